The van der Waals surface area contributed by atoms with E-state index in [-0.39, 0.29) is 5.69 Å². The Morgan fingerprint density at radius 3 is 3.00 bits per heavy atom. The molecule has 11 heavy (non-hydrogen) atoms. The van der Waals surface area contributed by atoms with E-state index in [2.05, 4.69) is 4.98 Å². The Labute approximate surface area is 68.6 Å². The fraction of sp³-hybridized carbons (Fsp3) is 0.143. The van der Waals surface area contributed by atoms with Crippen LogP contribution in [0.1, 0.15) is 16.1 Å². The van der Waals surface area contributed by atoms with Crippen molar-refractivity contribution in [2.24, 2.45) is 0 Å². The number of carbonyl (C=O) groups is 1. The molecule has 0 radical (unpaired) electrons. The van der Waals surface area contributed by atoms with E-state index in [4.69, 9.17) is 16.7 Å². The first-order valence-electron chi connectivity index (χ1n) is 2.98. The van der Waals surface area contributed by atoms with Crippen molar-refractivity contribution in [1.82, 2.24) is 4.98 Å². The maximum Gasteiger partial charge on any atom is 0.354 e. The van der Waals surface area contributed by atoms with Gasteiger partial charge in [0.15, 0.2) is 0 Å². The van der Waals surface area contributed by atoms with Gasteiger partial charge in [-0.2, -0.15) is 0 Å². The number of aromatic carboxylic acids is 1. The average Bonchev–Trinajstić information content (AvgIpc) is 2.05. The number of aromatic nitrogens is 1. The summed E-state index contributed by atoms with van der Waals surface area (Å²) in [6, 6.07) is 3.13. The Balaban J connectivity index is 3.01. The molecule has 0 aliphatic heterocycles. The molecule has 0 atom stereocenters. The number of carboxylic acid groups (broad SMARTS) is 1. The quantitative estimate of drug-likeness (QED) is 0.687. The molecular weight excluding hydrogens is 166 g/mol. The molecule has 0 amide bonds. The predicted molar refractivity (Wildman–Crippen MR) is 40.8 cm³/mol. The SMILES string of the molecule is O=C(O)c1cc(CCl)ccn1. The van der Waals surface area contributed by atoms with Crippen LogP contribution in [0.5, 0.6) is 0 Å². The highest BCUT2D eigenvalue weighted by Gasteiger charge is 2.03. The van der Waals surface area contributed by atoms with E-state index in [9.17, 15) is 4.79 Å². The van der Waals surface area contributed by atoms with E-state index in [0.29, 0.717) is 5.88 Å². The molecule has 1 rings (SSSR count). The van der Waals surface area contributed by atoms with Crippen molar-refractivity contribution in [3.05, 3.63) is 29.6 Å². The number of pyridine rings is 1. The van der Waals surface area contributed by atoms with Crippen LogP contribution in [-0.2, 0) is 5.88 Å². The van der Waals surface area contributed by atoms with E-state index >= 15 is 0 Å². The second-order valence-electron chi connectivity index (χ2n) is 1.99. The van der Waals surface area contributed by atoms with Crippen molar-refractivity contribution < 1.29 is 9.90 Å². The molecule has 0 bridgehead atoms. The minimum absolute atomic E-state index is 0.0307. The number of hydrogen-bond acceptors (Lipinski definition) is 2. The zero-order valence-corrected chi connectivity index (χ0v) is 6.38. The van der Waals surface area contributed by atoms with Gasteiger partial charge in [0.05, 0.1) is 0 Å². The van der Waals surface area contributed by atoms with Crippen LogP contribution in [0.3, 0.4) is 0 Å². The molecule has 0 unspecified atom stereocenters. The molecule has 3 nitrogen and oxygen atoms in total. The normalized spacial score (nSPS) is 9.55. The molecule has 0 aliphatic rings. The summed E-state index contributed by atoms with van der Waals surface area (Å²) in [6.07, 6.45) is 1.43. The first-order chi connectivity index (χ1) is 5.24. The third-order valence-electron chi connectivity index (χ3n) is 1.20. The van der Waals surface area contributed by atoms with Gasteiger partial charge in [-0.15, -0.1) is 11.6 Å². The molecule has 0 saturated carbocycles. The number of nitrogens with zero attached hydrogens (tertiary/aromatic N) is 1. The summed E-state index contributed by atoms with van der Waals surface area (Å²) in [5, 5.41) is 8.50. The molecule has 0 saturated heterocycles. The summed E-state index contributed by atoms with van der Waals surface area (Å²) >= 11 is 5.48. The fourth-order valence-electron chi connectivity index (χ4n) is 0.674. The Hall–Kier alpha value is -1.09. The van der Waals surface area contributed by atoms with Crippen molar-refractivity contribution in [3.8, 4) is 0 Å². The van der Waals surface area contributed by atoms with Crippen molar-refractivity contribution in [1.29, 1.82) is 0 Å². The van der Waals surface area contributed by atoms with Gasteiger partial charge in [0.1, 0.15) is 5.69 Å². The Morgan fingerprint density at radius 2 is 2.45 bits per heavy atom. The maximum atomic E-state index is 10.4. The van der Waals surface area contributed by atoms with Gasteiger partial charge in [-0.3, -0.25) is 0 Å². The molecule has 1 aromatic rings. The van der Waals surface area contributed by atoms with Crippen LogP contribution in [0.2, 0.25) is 0 Å². The van der Waals surface area contributed by atoms with Crippen LogP contribution in [0.25, 0.3) is 0 Å². The van der Waals surface area contributed by atoms with E-state index in [1.807, 2.05) is 0 Å². The van der Waals surface area contributed by atoms with Gasteiger partial charge >= 0.3 is 5.97 Å². The molecule has 1 heterocycles. The molecule has 58 valence electrons. The van der Waals surface area contributed by atoms with Gasteiger partial charge in [0.25, 0.3) is 0 Å². The number of carboxylic acids is 1. The minimum Gasteiger partial charge on any atom is -0.477 e. The second-order valence-corrected chi connectivity index (χ2v) is 2.26. The maximum absolute atomic E-state index is 10.4. The highest BCUT2D eigenvalue weighted by atomic mass is 35.5. The smallest absolute Gasteiger partial charge is 0.354 e. The number of halogens is 1. The topological polar surface area (TPSA) is 50.2 Å². The molecule has 0 aromatic carbocycles. The number of alkyl halides is 1. The van der Waals surface area contributed by atoms with Gasteiger partial charge < -0.3 is 5.11 Å². The second kappa shape index (κ2) is 3.34. The molecule has 1 N–H and O–H groups in total. The van der Waals surface area contributed by atoms with Crippen molar-refractivity contribution in [2.45, 2.75) is 5.88 Å². The lowest BCUT2D eigenvalue weighted by Gasteiger charge is -1.95. The van der Waals surface area contributed by atoms with E-state index in [1.165, 1.54) is 12.3 Å². The third kappa shape index (κ3) is 1.91. The third-order valence-corrected chi connectivity index (χ3v) is 1.51. The van der Waals surface area contributed by atoms with Crippen LogP contribution in [0.4, 0.5) is 0 Å². The summed E-state index contributed by atoms with van der Waals surface area (Å²) in [6.45, 7) is 0. The summed E-state index contributed by atoms with van der Waals surface area (Å²) in [5.74, 6) is -0.722. The van der Waals surface area contributed by atoms with Crippen LogP contribution < -0.4 is 0 Å². The molecule has 1 aromatic heterocycles. The highest BCUT2D eigenvalue weighted by Crippen LogP contribution is 2.04. The monoisotopic (exact) mass is 171 g/mol. The lowest BCUT2D eigenvalue weighted by atomic mass is 10.2. The van der Waals surface area contributed by atoms with E-state index < -0.39 is 5.97 Å². The van der Waals surface area contributed by atoms with E-state index in [1.54, 1.807) is 6.07 Å². The van der Waals surface area contributed by atoms with Crippen molar-refractivity contribution in [3.63, 3.8) is 0 Å². The number of rotatable bonds is 2. The molecule has 0 spiro atoms. The van der Waals surface area contributed by atoms with Gasteiger partial charge in [0, 0.05) is 12.1 Å². The molecule has 0 fully saturated rings. The molecular formula is C7H6ClNO2. The average molecular weight is 172 g/mol. The van der Waals surface area contributed by atoms with Crippen LogP contribution >= 0.6 is 11.6 Å². The first kappa shape index (κ1) is 8.01. The lowest BCUT2D eigenvalue weighted by Crippen LogP contribution is -1.99. The zero-order chi connectivity index (χ0) is 8.27. The van der Waals surface area contributed by atoms with Gasteiger partial charge in [0.2, 0.25) is 0 Å². The summed E-state index contributed by atoms with van der Waals surface area (Å²) < 4.78 is 0. The molecule has 4 heteroatoms. The first-order valence-corrected chi connectivity index (χ1v) is 3.51. The predicted octanol–water partition coefficient (Wildman–Crippen LogP) is 1.52. The van der Waals surface area contributed by atoms with Crippen LogP contribution in [0, 0.1) is 0 Å². The van der Waals surface area contributed by atoms with Gasteiger partial charge in [-0.25, -0.2) is 9.78 Å². The van der Waals surface area contributed by atoms with Crippen LogP contribution in [0.15, 0.2) is 18.3 Å². The highest BCUT2D eigenvalue weighted by molar-refractivity contribution is 6.17. The molecule has 0 aliphatic carbocycles. The standard InChI is InChI=1S/C7H6ClNO2/c8-4-5-1-2-9-6(3-5)7(10)11/h1-3H,4H2,(H,10,11). The summed E-state index contributed by atoms with van der Waals surface area (Å²) in [4.78, 5) is 14.0. The van der Waals surface area contributed by atoms with Crippen molar-refractivity contribution >= 4 is 17.6 Å². The lowest BCUT2D eigenvalue weighted by molar-refractivity contribution is 0.0690. The van der Waals surface area contributed by atoms with E-state index in [0.717, 1.165) is 5.56 Å². The van der Waals surface area contributed by atoms with Gasteiger partial charge in [-0.05, 0) is 17.7 Å². The fourth-order valence-corrected chi connectivity index (χ4v) is 0.841. The summed E-state index contributed by atoms with van der Waals surface area (Å²) in [5.41, 5.74) is 0.794. The Bertz CT molecular complexity index is 275. The summed E-state index contributed by atoms with van der Waals surface area (Å²) in [7, 11) is 0. The minimum atomic E-state index is -1.03. The number of hydrogen-bond donors (Lipinski definition) is 1. The van der Waals surface area contributed by atoms with Crippen molar-refractivity contribution in [2.75, 3.05) is 0 Å². The Kier molecular flexibility index (Phi) is 2.44. The Morgan fingerprint density at radius 1 is 1.73 bits per heavy atom. The largest absolute Gasteiger partial charge is 0.477 e. The zero-order valence-electron chi connectivity index (χ0n) is 5.62. The van der Waals surface area contributed by atoms with Gasteiger partial charge in [-0.1, -0.05) is 0 Å². The van der Waals surface area contributed by atoms with Crippen LogP contribution in [-0.4, -0.2) is 16.1 Å².